The molecule has 1 aromatic heterocycles. The fourth-order valence-corrected chi connectivity index (χ4v) is 3.11. The van der Waals surface area contributed by atoms with E-state index in [4.69, 9.17) is 11.6 Å². The molecule has 4 rings (SSSR count). The fraction of sp³-hybridized carbons (Fsp3) is 0.316. The summed E-state index contributed by atoms with van der Waals surface area (Å²) in [4.78, 5) is 28.7. The fourth-order valence-electron chi connectivity index (χ4n) is 2.92. The molecule has 0 spiro atoms. The van der Waals surface area contributed by atoms with E-state index in [1.54, 1.807) is 24.4 Å². The van der Waals surface area contributed by atoms with Gasteiger partial charge in [0.15, 0.2) is 0 Å². The van der Waals surface area contributed by atoms with Crippen molar-refractivity contribution in [2.45, 2.75) is 31.1 Å². The molecule has 2 fully saturated rings. The zero-order valence-electron chi connectivity index (χ0n) is 13.6. The van der Waals surface area contributed by atoms with E-state index in [1.165, 1.54) is 0 Å². The summed E-state index contributed by atoms with van der Waals surface area (Å²) in [6.07, 6.45) is 5.08. The van der Waals surface area contributed by atoms with Gasteiger partial charge in [-0.05, 0) is 55.5 Å². The number of halogens is 1. The molecule has 0 bridgehead atoms. The van der Waals surface area contributed by atoms with Gasteiger partial charge in [-0.3, -0.25) is 9.59 Å². The minimum atomic E-state index is -0.496. The van der Waals surface area contributed by atoms with Crippen molar-refractivity contribution < 1.29 is 9.59 Å². The summed E-state index contributed by atoms with van der Waals surface area (Å²) < 4.78 is 0. The topological polar surface area (TPSA) is 71.1 Å². The molecular formula is C19H18ClN3O2. The molecule has 0 radical (unpaired) electrons. The van der Waals surface area contributed by atoms with Crippen LogP contribution in [0.4, 0.5) is 11.5 Å². The number of amides is 2. The second kappa shape index (κ2) is 6.15. The molecule has 0 atom stereocenters. The molecule has 0 aliphatic heterocycles. The van der Waals surface area contributed by atoms with E-state index in [-0.39, 0.29) is 17.7 Å². The van der Waals surface area contributed by atoms with E-state index < -0.39 is 5.41 Å². The van der Waals surface area contributed by atoms with E-state index in [0.717, 1.165) is 31.2 Å². The summed E-state index contributed by atoms with van der Waals surface area (Å²) >= 11 is 6.05. The van der Waals surface area contributed by atoms with Crippen molar-refractivity contribution >= 4 is 34.9 Å². The van der Waals surface area contributed by atoms with Crippen LogP contribution in [0, 0.1) is 5.92 Å². The third-order valence-corrected chi connectivity index (χ3v) is 5.02. The van der Waals surface area contributed by atoms with Crippen molar-refractivity contribution in [3.63, 3.8) is 0 Å². The van der Waals surface area contributed by atoms with Gasteiger partial charge in [-0.15, -0.1) is 0 Å². The lowest BCUT2D eigenvalue weighted by Gasteiger charge is -2.16. The van der Waals surface area contributed by atoms with Crippen molar-refractivity contribution in [2.24, 2.45) is 5.92 Å². The molecule has 2 aromatic rings. The molecule has 5 nitrogen and oxygen atoms in total. The Morgan fingerprint density at radius 1 is 1.12 bits per heavy atom. The lowest BCUT2D eigenvalue weighted by molar-refractivity contribution is -0.118. The molecular weight excluding hydrogens is 338 g/mol. The summed E-state index contributed by atoms with van der Waals surface area (Å²) in [5.41, 5.74) is 1.06. The van der Waals surface area contributed by atoms with Crippen molar-refractivity contribution in [3.05, 3.63) is 53.2 Å². The monoisotopic (exact) mass is 355 g/mol. The first-order valence-electron chi connectivity index (χ1n) is 8.41. The molecule has 25 heavy (non-hydrogen) atoms. The first kappa shape index (κ1) is 16.1. The van der Waals surface area contributed by atoms with Gasteiger partial charge in [-0.2, -0.15) is 0 Å². The lowest BCUT2D eigenvalue weighted by Crippen LogP contribution is -2.27. The van der Waals surface area contributed by atoms with Crippen molar-refractivity contribution in [1.29, 1.82) is 0 Å². The number of pyridine rings is 1. The molecule has 0 unspecified atom stereocenters. The number of anilines is 2. The largest absolute Gasteiger partial charge is 0.324 e. The average molecular weight is 356 g/mol. The van der Waals surface area contributed by atoms with Gasteiger partial charge in [0.05, 0.1) is 17.3 Å². The van der Waals surface area contributed by atoms with Crippen LogP contribution in [0.2, 0.25) is 5.02 Å². The van der Waals surface area contributed by atoms with E-state index >= 15 is 0 Å². The lowest BCUT2D eigenvalue weighted by atomic mass is 9.95. The molecule has 6 heteroatoms. The molecule has 2 aliphatic carbocycles. The van der Waals surface area contributed by atoms with Crippen LogP contribution in [0.3, 0.4) is 0 Å². The van der Waals surface area contributed by atoms with Crippen LogP contribution >= 0.6 is 11.6 Å². The maximum absolute atomic E-state index is 12.7. The van der Waals surface area contributed by atoms with E-state index in [9.17, 15) is 9.59 Å². The predicted molar refractivity (Wildman–Crippen MR) is 96.6 cm³/mol. The Morgan fingerprint density at radius 2 is 1.92 bits per heavy atom. The minimum absolute atomic E-state index is 0.0159. The molecule has 2 amide bonds. The molecule has 2 saturated carbocycles. The van der Waals surface area contributed by atoms with Crippen LogP contribution < -0.4 is 10.6 Å². The van der Waals surface area contributed by atoms with Crippen LogP contribution in [0.15, 0.2) is 42.6 Å². The second-order valence-electron chi connectivity index (χ2n) is 6.74. The Labute approximate surface area is 150 Å². The first-order chi connectivity index (χ1) is 12.1. The zero-order chi connectivity index (χ0) is 17.4. The maximum Gasteiger partial charge on any atom is 0.235 e. The van der Waals surface area contributed by atoms with Gasteiger partial charge in [0.25, 0.3) is 0 Å². The molecule has 2 aliphatic rings. The molecule has 1 heterocycles. The quantitative estimate of drug-likeness (QED) is 0.858. The van der Waals surface area contributed by atoms with Gasteiger partial charge in [0.1, 0.15) is 5.82 Å². The molecule has 0 saturated heterocycles. The summed E-state index contributed by atoms with van der Waals surface area (Å²) in [7, 11) is 0. The van der Waals surface area contributed by atoms with Gasteiger partial charge < -0.3 is 10.6 Å². The standard InChI is InChI=1S/C19H18ClN3O2/c20-14-3-1-2-13(10-14)19(8-9-19)18(25)22-15-6-7-16(21-11-15)23-17(24)12-4-5-12/h1-3,6-7,10-12H,4-5,8-9H2,(H,22,25)(H,21,23,24). The Hall–Kier alpha value is -2.40. The third-order valence-electron chi connectivity index (χ3n) is 4.78. The summed E-state index contributed by atoms with van der Waals surface area (Å²) in [6.45, 7) is 0. The molecule has 128 valence electrons. The highest BCUT2D eigenvalue weighted by atomic mass is 35.5. The summed E-state index contributed by atoms with van der Waals surface area (Å²) in [5, 5.41) is 6.34. The van der Waals surface area contributed by atoms with Crippen molar-refractivity contribution in [3.8, 4) is 0 Å². The van der Waals surface area contributed by atoms with Crippen LogP contribution in [-0.4, -0.2) is 16.8 Å². The van der Waals surface area contributed by atoms with Gasteiger partial charge in [-0.1, -0.05) is 23.7 Å². The molecule has 2 N–H and O–H groups in total. The Morgan fingerprint density at radius 3 is 2.52 bits per heavy atom. The first-order valence-corrected chi connectivity index (χ1v) is 8.79. The van der Waals surface area contributed by atoms with Gasteiger partial charge in [0, 0.05) is 10.9 Å². The number of aromatic nitrogens is 1. The molecule has 1 aromatic carbocycles. The number of carbonyl (C=O) groups is 2. The number of nitrogens with one attached hydrogen (secondary N) is 2. The zero-order valence-corrected chi connectivity index (χ0v) is 14.3. The highest BCUT2D eigenvalue weighted by Crippen LogP contribution is 2.49. The Balaban J connectivity index is 1.43. The number of hydrogen-bond donors (Lipinski definition) is 2. The Kier molecular flexibility index (Phi) is 3.96. The Bertz CT molecular complexity index is 827. The van der Waals surface area contributed by atoms with E-state index in [1.807, 2.05) is 18.2 Å². The number of carbonyl (C=O) groups excluding carboxylic acids is 2. The highest BCUT2D eigenvalue weighted by molar-refractivity contribution is 6.30. The van der Waals surface area contributed by atoms with Crippen molar-refractivity contribution in [2.75, 3.05) is 10.6 Å². The van der Waals surface area contributed by atoms with E-state index in [2.05, 4.69) is 15.6 Å². The predicted octanol–water partition coefficient (Wildman–Crippen LogP) is 3.75. The van der Waals surface area contributed by atoms with Gasteiger partial charge >= 0.3 is 0 Å². The van der Waals surface area contributed by atoms with Crippen LogP contribution in [-0.2, 0) is 15.0 Å². The van der Waals surface area contributed by atoms with Crippen molar-refractivity contribution in [1.82, 2.24) is 4.98 Å². The van der Waals surface area contributed by atoms with Crippen LogP contribution in [0.1, 0.15) is 31.2 Å². The van der Waals surface area contributed by atoms with E-state index in [0.29, 0.717) is 16.5 Å². The number of nitrogens with zero attached hydrogens (tertiary/aromatic N) is 1. The van der Waals surface area contributed by atoms with Gasteiger partial charge in [0.2, 0.25) is 11.8 Å². The van der Waals surface area contributed by atoms with Crippen LogP contribution in [0.25, 0.3) is 0 Å². The summed E-state index contributed by atoms with van der Waals surface area (Å²) in [5.74, 6) is 0.605. The number of benzene rings is 1. The van der Waals surface area contributed by atoms with Crippen LogP contribution in [0.5, 0.6) is 0 Å². The number of rotatable bonds is 5. The average Bonchev–Trinajstić information content (AvgIpc) is 3.49. The SMILES string of the molecule is O=C(Nc1ccc(NC(=O)C2(c3cccc(Cl)c3)CC2)cn1)C1CC1. The second-order valence-corrected chi connectivity index (χ2v) is 7.18. The minimum Gasteiger partial charge on any atom is -0.324 e. The third kappa shape index (κ3) is 3.37. The summed E-state index contributed by atoms with van der Waals surface area (Å²) in [6, 6.07) is 10.9. The number of hydrogen-bond acceptors (Lipinski definition) is 3. The van der Waals surface area contributed by atoms with Gasteiger partial charge in [-0.25, -0.2) is 4.98 Å². The highest BCUT2D eigenvalue weighted by Gasteiger charge is 2.51. The maximum atomic E-state index is 12.7. The normalized spacial score (nSPS) is 17.6. The smallest absolute Gasteiger partial charge is 0.235 e.